The Hall–Kier alpha value is -1.26. The average molecular weight is 282 g/mol. The molecule has 2 aliphatic rings. The van der Waals surface area contributed by atoms with Crippen molar-refractivity contribution in [2.45, 2.75) is 58.4 Å². The molecule has 2 amide bonds. The van der Waals surface area contributed by atoms with Gasteiger partial charge in [0.25, 0.3) is 0 Å². The largest absolute Gasteiger partial charge is 0.481 e. The Kier molecular flexibility index (Phi) is 4.55. The fourth-order valence-electron chi connectivity index (χ4n) is 3.09. The van der Waals surface area contributed by atoms with E-state index in [1.54, 1.807) is 0 Å². The van der Waals surface area contributed by atoms with Crippen molar-refractivity contribution in [2.75, 3.05) is 13.1 Å². The van der Waals surface area contributed by atoms with Crippen molar-refractivity contribution in [1.29, 1.82) is 0 Å². The normalized spacial score (nSPS) is 28.0. The van der Waals surface area contributed by atoms with Gasteiger partial charge in [-0.1, -0.05) is 13.8 Å². The van der Waals surface area contributed by atoms with Gasteiger partial charge in [-0.05, 0) is 43.4 Å². The van der Waals surface area contributed by atoms with Crippen LogP contribution in [-0.2, 0) is 4.79 Å². The monoisotopic (exact) mass is 282 g/mol. The first-order valence-corrected chi connectivity index (χ1v) is 7.66. The molecule has 2 fully saturated rings. The second-order valence-corrected chi connectivity index (χ2v) is 6.85. The van der Waals surface area contributed by atoms with Gasteiger partial charge in [-0.25, -0.2) is 4.79 Å². The van der Waals surface area contributed by atoms with Crippen LogP contribution in [0.4, 0.5) is 4.79 Å². The predicted molar refractivity (Wildman–Crippen MR) is 76.5 cm³/mol. The maximum absolute atomic E-state index is 12.3. The molecule has 0 radical (unpaired) electrons. The van der Waals surface area contributed by atoms with E-state index in [-0.39, 0.29) is 18.5 Å². The van der Waals surface area contributed by atoms with Gasteiger partial charge in [0.2, 0.25) is 0 Å². The van der Waals surface area contributed by atoms with E-state index in [2.05, 4.69) is 19.2 Å². The maximum atomic E-state index is 12.3. The molecular formula is C15H26N2O3. The number of nitrogens with zero attached hydrogens (tertiary/aromatic N) is 1. The molecule has 5 heteroatoms. The Morgan fingerprint density at radius 2 is 2.05 bits per heavy atom. The zero-order valence-electron chi connectivity index (χ0n) is 12.5. The summed E-state index contributed by atoms with van der Waals surface area (Å²) in [5, 5.41) is 11.8. The third-order valence-electron chi connectivity index (χ3n) is 4.80. The zero-order valence-corrected chi connectivity index (χ0v) is 12.5. The first-order chi connectivity index (χ1) is 9.40. The van der Waals surface area contributed by atoms with Gasteiger partial charge in [-0.15, -0.1) is 0 Å². The van der Waals surface area contributed by atoms with E-state index in [1.165, 1.54) is 6.42 Å². The lowest BCUT2D eigenvalue weighted by molar-refractivity contribution is -0.137. The highest BCUT2D eigenvalue weighted by atomic mass is 16.4. The van der Waals surface area contributed by atoms with E-state index in [0.717, 1.165) is 32.4 Å². The first kappa shape index (κ1) is 15.1. The topological polar surface area (TPSA) is 69.6 Å². The minimum Gasteiger partial charge on any atom is -0.481 e. The minimum absolute atomic E-state index is 0.0113. The van der Waals surface area contributed by atoms with Gasteiger partial charge < -0.3 is 15.3 Å². The van der Waals surface area contributed by atoms with Gasteiger partial charge in [0.15, 0.2) is 0 Å². The van der Waals surface area contributed by atoms with Crippen LogP contribution in [-0.4, -0.2) is 41.1 Å². The number of hydrogen-bond acceptors (Lipinski definition) is 2. The van der Waals surface area contributed by atoms with E-state index >= 15 is 0 Å². The van der Waals surface area contributed by atoms with Gasteiger partial charge >= 0.3 is 12.0 Å². The summed E-state index contributed by atoms with van der Waals surface area (Å²) in [6.07, 6.45) is 4.92. The number of carbonyl (C=O) groups excluding carboxylic acids is 1. The fourth-order valence-corrected chi connectivity index (χ4v) is 3.09. The summed E-state index contributed by atoms with van der Waals surface area (Å²) < 4.78 is 0. The van der Waals surface area contributed by atoms with E-state index in [9.17, 15) is 9.59 Å². The third-order valence-corrected chi connectivity index (χ3v) is 4.80. The molecule has 0 aromatic rings. The highest BCUT2D eigenvalue weighted by Crippen LogP contribution is 2.50. The molecule has 0 spiro atoms. The fraction of sp³-hybridized carbons (Fsp3) is 0.867. The Bertz CT molecular complexity index is 381. The van der Waals surface area contributed by atoms with E-state index in [0.29, 0.717) is 17.8 Å². The second-order valence-electron chi connectivity index (χ2n) is 6.85. The van der Waals surface area contributed by atoms with Crippen molar-refractivity contribution in [3.63, 3.8) is 0 Å². The summed E-state index contributed by atoms with van der Waals surface area (Å²) in [5.41, 5.74) is 0.373. The quantitative estimate of drug-likeness (QED) is 0.813. The van der Waals surface area contributed by atoms with Crippen LogP contribution in [0.1, 0.15) is 52.4 Å². The maximum Gasteiger partial charge on any atom is 0.317 e. The van der Waals surface area contributed by atoms with Crippen molar-refractivity contribution in [3.8, 4) is 0 Å². The summed E-state index contributed by atoms with van der Waals surface area (Å²) in [5.74, 6) is -0.190. The predicted octanol–water partition coefficient (Wildman–Crippen LogP) is 2.46. The van der Waals surface area contributed by atoms with Crippen LogP contribution in [0.5, 0.6) is 0 Å². The molecule has 0 aromatic carbocycles. The van der Waals surface area contributed by atoms with Crippen LogP contribution < -0.4 is 5.32 Å². The van der Waals surface area contributed by atoms with Crippen LogP contribution in [0, 0.1) is 11.3 Å². The highest BCUT2D eigenvalue weighted by Gasteiger charge is 2.45. The second kappa shape index (κ2) is 6.02. The van der Waals surface area contributed by atoms with Crippen LogP contribution in [0.15, 0.2) is 0 Å². The number of piperidine rings is 1. The molecule has 0 aromatic heterocycles. The summed E-state index contributed by atoms with van der Waals surface area (Å²) in [6, 6.07) is 0.0786. The van der Waals surface area contributed by atoms with Crippen LogP contribution >= 0.6 is 0 Å². The summed E-state index contributed by atoms with van der Waals surface area (Å²) in [7, 11) is 0. The minimum atomic E-state index is -0.782. The molecule has 1 saturated heterocycles. The van der Waals surface area contributed by atoms with Crippen molar-refractivity contribution in [1.82, 2.24) is 10.2 Å². The molecule has 5 nitrogen and oxygen atoms in total. The molecule has 114 valence electrons. The lowest BCUT2D eigenvalue weighted by Gasteiger charge is -2.35. The van der Waals surface area contributed by atoms with Gasteiger partial charge in [-0.2, -0.15) is 0 Å². The number of hydrogen-bond donors (Lipinski definition) is 2. The highest BCUT2D eigenvalue weighted by molar-refractivity contribution is 5.75. The first-order valence-electron chi connectivity index (χ1n) is 7.66. The average Bonchev–Trinajstić information content (AvgIpc) is 3.01. The molecule has 20 heavy (non-hydrogen) atoms. The van der Waals surface area contributed by atoms with Gasteiger partial charge in [0, 0.05) is 25.6 Å². The van der Waals surface area contributed by atoms with Crippen molar-refractivity contribution in [2.24, 2.45) is 11.3 Å². The van der Waals surface area contributed by atoms with Crippen molar-refractivity contribution >= 4 is 12.0 Å². The number of carbonyl (C=O) groups is 2. The summed E-state index contributed by atoms with van der Waals surface area (Å²) in [4.78, 5) is 24.8. The molecule has 1 heterocycles. The molecule has 2 unspecified atom stereocenters. The number of nitrogens with one attached hydrogen (secondary N) is 1. The van der Waals surface area contributed by atoms with Gasteiger partial charge in [0.1, 0.15) is 0 Å². The lowest BCUT2D eigenvalue weighted by atomic mass is 9.98. The molecule has 1 aliphatic heterocycles. The Labute approximate surface area is 120 Å². The number of carboxylic acids is 1. The third kappa shape index (κ3) is 3.87. The lowest BCUT2D eigenvalue weighted by Crippen LogP contribution is -2.49. The number of amides is 2. The van der Waals surface area contributed by atoms with Crippen molar-refractivity contribution in [3.05, 3.63) is 0 Å². The molecule has 1 aliphatic carbocycles. The molecule has 0 bridgehead atoms. The van der Waals surface area contributed by atoms with E-state index < -0.39 is 5.97 Å². The molecular weight excluding hydrogens is 256 g/mol. The number of aliphatic carboxylic acids is 1. The Morgan fingerprint density at radius 1 is 1.35 bits per heavy atom. The van der Waals surface area contributed by atoms with Crippen LogP contribution in [0.2, 0.25) is 0 Å². The molecule has 1 saturated carbocycles. The molecule has 2 N–H and O–H groups in total. The number of urea groups is 1. The summed E-state index contributed by atoms with van der Waals surface area (Å²) >= 11 is 0. The Balaban J connectivity index is 1.80. The number of carboxylic acid groups (broad SMARTS) is 1. The number of likely N-dealkylation sites (tertiary alicyclic amines) is 1. The van der Waals surface area contributed by atoms with Gasteiger partial charge in [-0.3, -0.25) is 4.79 Å². The summed E-state index contributed by atoms with van der Waals surface area (Å²) in [6.45, 7) is 5.94. The number of rotatable bonds is 5. The molecule has 2 rings (SSSR count). The van der Waals surface area contributed by atoms with E-state index in [1.807, 2.05) is 4.90 Å². The smallest absolute Gasteiger partial charge is 0.317 e. The van der Waals surface area contributed by atoms with Crippen LogP contribution in [0.25, 0.3) is 0 Å². The molecule has 2 atom stereocenters. The zero-order chi connectivity index (χ0) is 14.8. The van der Waals surface area contributed by atoms with Crippen molar-refractivity contribution < 1.29 is 14.7 Å². The standard InChI is InChI=1S/C15H26N2O3/c1-15(2)9-11(15)10-16-14(20)17-8-4-3-5-12(17)6-7-13(18)19/h11-12H,3-10H2,1-2H3,(H,16,20)(H,18,19). The van der Waals surface area contributed by atoms with Gasteiger partial charge in [0.05, 0.1) is 0 Å². The van der Waals surface area contributed by atoms with Crippen LogP contribution in [0.3, 0.4) is 0 Å². The SMILES string of the molecule is CC1(C)CC1CNC(=O)N1CCCCC1CCC(=O)O. The van der Waals surface area contributed by atoms with E-state index in [4.69, 9.17) is 5.11 Å². The Morgan fingerprint density at radius 3 is 2.65 bits per heavy atom.